The minimum absolute atomic E-state index is 0. The SMILES string of the molecule is Cc1c(C)c2c(c(C)c1NC(=O)CCc1cc3n(n1)CCNC3)NC(=O)CO2.Cl. The predicted molar refractivity (Wildman–Crippen MR) is 113 cm³/mol. The van der Waals surface area contributed by atoms with Gasteiger partial charge in [0.25, 0.3) is 5.91 Å². The molecule has 2 aliphatic heterocycles. The molecule has 0 saturated carbocycles. The number of aryl methyl sites for hydroxylation is 1. The Labute approximate surface area is 175 Å². The van der Waals surface area contributed by atoms with Crippen molar-refractivity contribution in [1.82, 2.24) is 15.1 Å². The predicted octanol–water partition coefficient (Wildman–Crippen LogP) is 2.24. The van der Waals surface area contributed by atoms with E-state index in [4.69, 9.17) is 4.74 Å². The van der Waals surface area contributed by atoms with Crippen LogP contribution in [0.1, 0.15) is 34.5 Å². The molecule has 0 fully saturated rings. The zero-order valence-electron chi connectivity index (χ0n) is 16.8. The van der Waals surface area contributed by atoms with E-state index in [1.165, 1.54) is 0 Å². The fraction of sp³-hybridized carbons (Fsp3) is 0.450. The number of fused-ring (bicyclic) bond motifs is 2. The molecular formula is C20H26ClN5O3. The van der Waals surface area contributed by atoms with Gasteiger partial charge in [-0.15, -0.1) is 12.4 Å². The average molecular weight is 420 g/mol. The third kappa shape index (κ3) is 4.09. The number of nitrogens with zero attached hydrogens (tertiary/aromatic N) is 2. The van der Waals surface area contributed by atoms with Crippen LogP contribution in [0, 0.1) is 20.8 Å². The van der Waals surface area contributed by atoms with Crippen molar-refractivity contribution in [2.24, 2.45) is 0 Å². The second-order valence-corrected chi connectivity index (χ2v) is 7.37. The van der Waals surface area contributed by atoms with E-state index < -0.39 is 0 Å². The molecule has 0 unspecified atom stereocenters. The summed E-state index contributed by atoms with van der Waals surface area (Å²) < 4.78 is 7.60. The van der Waals surface area contributed by atoms with Gasteiger partial charge in [0.15, 0.2) is 6.61 Å². The Kier molecular flexibility index (Phi) is 6.14. The van der Waals surface area contributed by atoms with E-state index in [-0.39, 0.29) is 30.8 Å². The molecule has 29 heavy (non-hydrogen) atoms. The maximum Gasteiger partial charge on any atom is 0.262 e. The maximum atomic E-state index is 12.6. The van der Waals surface area contributed by atoms with E-state index in [9.17, 15) is 9.59 Å². The number of aromatic nitrogens is 2. The normalized spacial score (nSPS) is 14.8. The van der Waals surface area contributed by atoms with Gasteiger partial charge >= 0.3 is 0 Å². The third-order valence-electron chi connectivity index (χ3n) is 5.46. The molecule has 1 aromatic heterocycles. The number of amides is 2. The Hall–Kier alpha value is -2.58. The zero-order valence-corrected chi connectivity index (χ0v) is 17.7. The van der Waals surface area contributed by atoms with E-state index in [1.807, 2.05) is 25.5 Å². The number of hydrogen-bond donors (Lipinski definition) is 3. The number of carbonyl (C=O) groups is 2. The quantitative estimate of drug-likeness (QED) is 0.706. The third-order valence-corrected chi connectivity index (χ3v) is 5.46. The number of anilines is 2. The molecule has 2 amide bonds. The first-order valence-electron chi connectivity index (χ1n) is 9.56. The van der Waals surface area contributed by atoms with E-state index in [2.05, 4.69) is 27.1 Å². The highest BCUT2D eigenvalue weighted by atomic mass is 35.5. The smallest absolute Gasteiger partial charge is 0.262 e. The first-order chi connectivity index (χ1) is 13.4. The van der Waals surface area contributed by atoms with E-state index in [0.29, 0.717) is 24.3 Å². The maximum absolute atomic E-state index is 12.6. The minimum Gasteiger partial charge on any atom is -0.481 e. The molecule has 9 heteroatoms. The summed E-state index contributed by atoms with van der Waals surface area (Å²) in [5.41, 5.74) is 6.15. The summed E-state index contributed by atoms with van der Waals surface area (Å²) in [5, 5.41) is 13.8. The van der Waals surface area contributed by atoms with Gasteiger partial charge in [-0.2, -0.15) is 5.10 Å². The lowest BCUT2D eigenvalue weighted by molar-refractivity contribution is -0.118. The first kappa shape index (κ1) is 21.1. The van der Waals surface area contributed by atoms with Crippen molar-refractivity contribution in [3.8, 4) is 5.75 Å². The highest BCUT2D eigenvalue weighted by Crippen LogP contribution is 2.41. The Morgan fingerprint density at radius 2 is 2.07 bits per heavy atom. The molecule has 4 rings (SSSR count). The molecular weight excluding hydrogens is 394 g/mol. The van der Waals surface area contributed by atoms with Gasteiger partial charge in [0.1, 0.15) is 5.75 Å². The average Bonchev–Trinajstić information content (AvgIpc) is 3.11. The fourth-order valence-corrected chi connectivity index (χ4v) is 3.77. The van der Waals surface area contributed by atoms with Crippen molar-refractivity contribution in [2.75, 3.05) is 23.8 Å². The number of halogens is 1. The summed E-state index contributed by atoms with van der Waals surface area (Å²) in [5.74, 6) is 0.428. The van der Waals surface area contributed by atoms with E-state index >= 15 is 0 Å². The van der Waals surface area contributed by atoms with Crippen LogP contribution >= 0.6 is 12.4 Å². The van der Waals surface area contributed by atoms with Crippen molar-refractivity contribution < 1.29 is 14.3 Å². The van der Waals surface area contributed by atoms with Gasteiger partial charge in [-0.25, -0.2) is 0 Å². The molecule has 3 N–H and O–H groups in total. The molecule has 8 nitrogen and oxygen atoms in total. The van der Waals surface area contributed by atoms with Crippen LogP contribution in [0.4, 0.5) is 11.4 Å². The highest BCUT2D eigenvalue weighted by molar-refractivity contribution is 6.00. The number of carbonyl (C=O) groups excluding carboxylic acids is 2. The van der Waals surface area contributed by atoms with E-state index in [0.717, 1.165) is 53.4 Å². The van der Waals surface area contributed by atoms with Crippen LogP contribution in [-0.4, -0.2) is 34.7 Å². The Bertz CT molecular complexity index is 946. The van der Waals surface area contributed by atoms with Gasteiger partial charge in [0.2, 0.25) is 5.91 Å². The molecule has 0 spiro atoms. The molecule has 0 bridgehead atoms. The first-order valence-corrected chi connectivity index (χ1v) is 9.56. The van der Waals surface area contributed by atoms with Crippen LogP contribution in [0.5, 0.6) is 5.75 Å². The van der Waals surface area contributed by atoms with Crippen molar-refractivity contribution in [1.29, 1.82) is 0 Å². The second-order valence-electron chi connectivity index (χ2n) is 7.37. The zero-order chi connectivity index (χ0) is 19.8. The minimum atomic E-state index is -0.186. The summed E-state index contributed by atoms with van der Waals surface area (Å²) in [6.07, 6.45) is 0.940. The lowest BCUT2D eigenvalue weighted by Gasteiger charge is -2.26. The molecule has 2 aromatic rings. The monoisotopic (exact) mass is 419 g/mol. The molecule has 0 atom stereocenters. The largest absolute Gasteiger partial charge is 0.481 e. The van der Waals surface area contributed by atoms with Gasteiger partial charge in [-0.05, 0) is 38.0 Å². The van der Waals surface area contributed by atoms with Crippen molar-refractivity contribution >= 4 is 35.6 Å². The van der Waals surface area contributed by atoms with Gasteiger partial charge in [0, 0.05) is 37.2 Å². The van der Waals surface area contributed by atoms with Crippen LogP contribution in [0.25, 0.3) is 0 Å². The van der Waals surface area contributed by atoms with Crippen molar-refractivity contribution in [3.05, 3.63) is 34.1 Å². The molecule has 3 heterocycles. The van der Waals surface area contributed by atoms with Gasteiger partial charge in [-0.3, -0.25) is 14.3 Å². The fourth-order valence-electron chi connectivity index (χ4n) is 3.77. The highest BCUT2D eigenvalue weighted by Gasteiger charge is 2.25. The number of nitrogens with one attached hydrogen (secondary N) is 3. The van der Waals surface area contributed by atoms with Crippen molar-refractivity contribution in [3.63, 3.8) is 0 Å². The number of ether oxygens (including phenoxy) is 1. The van der Waals surface area contributed by atoms with Crippen LogP contribution in [-0.2, 0) is 29.1 Å². The molecule has 2 aliphatic rings. The molecule has 0 aliphatic carbocycles. The second kappa shape index (κ2) is 8.42. The topological polar surface area (TPSA) is 97.3 Å². The molecule has 1 aromatic carbocycles. The lowest BCUT2D eigenvalue weighted by atomic mass is 9.98. The number of hydrogen-bond acceptors (Lipinski definition) is 5. The summed E-state index contributed by atoms with van der Waals surface area (Å²) in [6, 6.07) is 2.06. The molecule has 0 radical (unpaired) electrons. The molecule has 0 saturated heterocycles. The Morgan fingerprint density at radius 3 is 2.83 bits per heavy atom. The van der Waals surface area contributed by atoms with Crippen molar-refractivity contribution in [2.45, 2.75) is 46.7 Å². The summed E-state index contributed by atoms with van der Waals surface area (Å²) in [7, 11) is 0. The Morgan fingerprint density at radius 1 is 1.28 bits per heavy atom. The summed E-state index contributed by atoms with van der Waals surface area (Å²) in [4.78, 5) is 24.3. The van der Waals surface area contributed by atoms with Gasteiger partial charge in [-0.1, -0.05) is 0 Å². The van der Waals surface area contributed by atoms with Crippen LogP contribution < -0.4 is 20.7 Å². The lowest BCUT2D eigenvalue weighted by Crippen LogP contribution is -2.28. The number of rotatable bonds is 4. The Balaban J connectivity index is 0.00000240. The number of benzene rings is 1. The van der Waals surface area contributed by atoms with E-state index in [1.54, 1.807) is 0 Å². The van der Waals surface area contributed by atoms with Crippen LogP contribution in [0.15, 0.2) is 6.07 Å². The summed E-state index contributed by atoms with van der Waals surface area (Å²) >= 11 is 0. The van der Waals surface area contributed by atoms with Crippen LogP contribution in [0.3, 0.4) is 0 Å². The van der Waals surface area contributed by atoms with Gasteiger partial charge in [0.05, 0.1) is 23.6 Å². The van der Waals surface area contributed by atoms with Crippen LogP contribution in [0.2, 0.25) is 0 Å². The standard InChI is InChI=1S/C20H25N5O3.ClH/c1-11-12(2)20-19(23-17(27)10-28-20)13(3)18(11)22-16(26)5-4-14-8-15-9-21-6-7-25(15)24-14;/h8,21H,4-7,9-10H2,1-3H3,(H,22,26)(H,23,27);1H. The molecule has 156 valence electrons. The summed E-state index contributed by atoms with van der Waals surface area (Å²) in [6.45, 7) is 8.39. The van der Waals surface area contributed by atoms with Gasteiger partial charge < -0.3 is 20.7 Å².